The summed E-state index contributed by atoms with van der Waals surface area (Å²) in [5.41, 5.74) is -0.0932. The maximum atomic E-state index is 10.6. The molecule has 0 unspecified atom stereocenters. The monoisotopic (exact) mass is 126 g/mol. The van der Waals surface area contributed by atoms with Crippen molar-refractivity contribution in [2.75, 3.05) is 0 Å². The molecule has 0 radical (unpaired) electrons. The van der Waals surface area contributed by atoms with Crippen LogP contribution in [-0.4, -0.2) is 16.5 Å². The largest absolute Gasteiger partial charge is 0.385 e. The van der Waals surface area contributed by atoms with Crippen molar-refractivity contribution < 1.29 is 9.90 Å². The second kappa shape index (κ2) is 1.67. The maximum Gasteiger partial charge on any atom is 0.158 e. The van der Waals surface area contributed by atoms with Crippen molar-refractivity contribution in [1.29, 1.82) is 0 Å². The van der Waals surface area contributed by atoms with Gasteiger partial charge >= 0.3 is 0 Å². The highest BCUT2D eigenvalue weighted by molar-refractivity contribution is 5.94. The highest BCUT2D eigenvalue weighted by atomic mass is 16.3. The molecular weight excluding hydrogens is 116 g/mol. The molecule has 1 atom stereocenters. The number of allylic oxidation sites excluding steroid dienone is 1. The molecule has 50 valence electrons. The summed E-state index contributed by atoms with van der Waals surface area (Å²) >= 11 is 0. The lowest BCUT2D eigenvalue weighted by molar-refractivity contribution is -0.116. The van der Waals surface area contributed by atoms with E-state index in [1.165, 1.54) is 6.08 Å². The summed E-state index contributed by atoms with van der Waals surface area (Å²) in [6.45, 7) is 3.43. The number of hydrogen-bond donors (Lipinski definition) is 1. The van der Waals surface area contributed by atoms with Gasteiger partial charge in [-0.05, 0) is 25.5 Å². The molecule has 0 aliphatic heterocycles. The molecule has 2 heteroatoms. The van der Waals surface area contributed by atoms with Crippen LogP contribution in [0.4, 0.5) is 0 Å². The van der Waals surface area contributed by atoms with Gasteiger partial charge in [0.25, 0.3) is 0 Å². The molecule has 9 heavy (non-hydrogen) atoms. The van der Waals surface area contributed by atoms with Gasteiger partial charge in [0.2, 0.25) is 0 Å². The highest BCUT2D eigenvalue weighted by Crippen LogP contribution is 2.26. The lowest BCUT2D eigenvalue weighted by Crippen LogP contribution is -2.22. The molecule has 1 rings (SSSR count). The van der Waals surface area contributed by atoms with E-state index in [1.54, 1.807) is 13.8 Å². The van der Waals surface area contributed by atoms with Crippen LogP contribution in [0, 0.1) is 0 Å². The van der Waals surface area contributed by atoms with E-state index in [1.807, 2.05) is 0 Å². The second-order valence-corrected chi connectivity index (χ2v) is 2.74. The Hall–Kier alpha value is -0.630. The van der Waals surface area contributed by atoms with Crippen LogP contribution in [0.5, 0.6) is 0 Å². The molecule has 1 N–H and O–H groups in total. The smallest absolute Gasteiger partial charge is 0.158 e. The molecule has 0 fully saturated rings. The van der Waals surface area contributed by atoms with E-state index >= 15 is 0 Å². The van der Waals surface area contributed by atoms with Crippen LogP contribution in [0.25, 0.3) is 0 Å². The fraction of sp³-hybridized carbons (Fsp3) is 0.571. The summed E-state index contributed by atoms with van der Waals surface area (Å²) in [5.74, 6) is 0.0255. The Morgan fingerprint density at radius 1 is 1.78 bits per heavy atom. The minimum Gasteiger partial charge on any atom is -0.385 e. The molecular formula is C7H10O2. The van der Waals surface area contributed by atoms with Gasteiger partial charge in [-0.2, -0.15) is 0 Å². The zero-order valence-corrected chi connectivity index (χ0v) is 5.64. The van der Waals surface area contributed by atoms with E-state index in [0.29, 0.717) is 0 Å². The molecule has 0 saturated carbocycles. The number of carbonyl (C=O) groups is 1. The quantitative estimate of drug-likeness (QED) is 0.517. The standard InChI is InChI=1S/C7H10O2/c1-5-3-6(8)4-7(5,2)9/h3,9H,4H2,1-2H3/t7-/m1/s1. The van der Waals surface area contributed by atoms with Crippen molar-refractivity contribution in [2.24, 2.45) is 0 Å². The van der Waals surface area contributed by atoms with Gasteiger partial charge in [0, 0.05) is 6.42 Å². The predicted octanol–water partition coefficient (Wildman–Crippen LogP) is 0.657. The van der Waals surface area contributed by atoms with Crippen molar-refractivity contribution in [1.82, 2.24) is 0 Å². The number of rotatable bonds is 0. The number of aliphatic hydroxyl groups is 1. The molecule has 1 aliphatic rings. The first-order valence-corrected chi connectivity index (χ1v) is 2.96. The van der Waals surface area contributed by atoms with Crippen molar-refractivity contribution in [3.63, 3.8) is 0 Å². The van der Waals surface area contributed by atoms with Gasteiger partial charge < -0.3 is 5.11 Å². The van der Waals surface area contributed by atoms with Crippen LogP contribution in [-0.2, 0) is 4.79 Å². The van der Waals surface area contributed by atoms with Crippen LogP contribution in [0.2, 0.25) is 0 Å². The van der Waals surface area contributed by atoms with Crippen LogP contribution in [0.1, 0.15) is 20.3 Å². The maximum absolute atomic E-state index is 10.6. The predicted molar refractivity (Wildman–Crippen MR) is 34.0 cm³/mol. The summed E-state index contributed by atoms with van der Waals surface area (Å²) < 4.78 is 0. The molecule has 0 aromatic carbocycles. The Balaban J connectivity index is 2.89. The molecule has 0 amide bonds. The molecule has 0 aromatic rings. The average Bonchev–Trinajstić information content (AvgIpc) is 1.79. The Kier molecular flexibility index (Phi) is 1.21. The number of hydrogen-bond acceptors (Lipinski definition) is 2. The van der Waals surface area contributed by atoms with Crippen molar-refractivity contribution >= 4 is 5.78 Å². The fourth-order valence-electron chi connectivity index (χ4n) is 0.927. The van der Waals surface area contributed by atoms with Gasteiger partial charge in [0.1, 0.15) is 0 Å². The van der Waals surface area contributed by atoms with Gasteiger partial charge in [-0.15, -0.1) is 0 Å². The van der Waals surface area contributed by atoms with Crippen molar-refractivity contribution in [3.05, 3.63) is 11.6 Å². The average molecular weight is 126 g/mol. The third-order valence-corrected chi connectivity index (χ3v) is 1.75. The van der Waals surface area contributed by atoms with Gasteiger partial charge in [-0.25, -0.2) is 0 Å². The molecule has 0 saturated heterocycles. The van der Waals surface area contributed by atoms with E-state index in [2.05, 4.69) is 0 Å². The Bertz CT molecular complexity index is 177. The minimum absolute atomic E-state index is 0.0255. The molecule has 1 aliphatic carbocycles. The molecule has 0 bridgehead atoms. The van der Waals surface area contributed by atoms with E-state index in [-0.39, 0.29) is 12.2 Å². The molecule has 0 aromatic heterocycles. The highest BCUT2D eigenvalue weighted by Gasteiger charge is 2.31. The zero-order valence-electron chi connectivity index (χ0n) is 5.64. The van der Waals surface area contributed by atoms with E-state index in [4.69, 9.17) is 0 Å². The summed E-state index contributed by atoms with van der Waals surface area (Å²) in [7, 11) is 0. The molecule has 2 nitrogen and oxygen atoms in total. The Morgan fingerprint density at radius 2 is 2.33 bits per heavy atom. The lowest BCUT2D eigenvalue weighted by Gasteiger charge is -2.15. The topological polar surface area (TPSA) is 37.3 Å². The zero-order chi connectivity index (χ0) is 7.07. The molecule has 0 heterocycles. The number of carbonyl (C=O) groups excluding carboxylic acids is 1. The minimum atomic E-state index is -0.864. The van der Waals surface area contributed by atoms with E-state index < -0.39 is 5.60 Å². The van der Waals surface area contributed by atoms with Crippen LogP contribution in [0.15, 0.2) is 11.6 Å². The van der Waals surface area contributed by atoms with Gasteiger partial charge in [0.05, 0.1) is 5.60 Å². The lowest BCUT2D eigenvalue weighted by atomic mass is 10.0. The third kappa shape index (κ3) is 1.03. The van der Waals surface area contributed by atoms with Crippen LogP contribution < -0.4 is 0 Å². The van der Waals surface area contributed by atoms with Gasteiger partial charge in [0.15, 0.2) is 5.78 Å². The summed E-state index contributed by atoms with van der Waals surface area (Å²) in [6.07, 6.45) is 1.75. The van der Waals surface area contributed by atoms with Crippen LogP contribution in [0.3, 0.4) is 0 Å². The first-order valence-electron chi connectivity index (χ1n) is 2.96. The van der Waals surface area contributed by atoms with Gasteiger partial charge in [-0.3, -0.25) is 4.79 Å². The van der Waals surface area contributed by atoms with Crippen molar-refractivity contribution in [2.45, 2.75) is 25.9 Å². The summed E-state index contributed by atoms with van der Waals surface area (Å²) in [5, 5.41) is 9.34. The van der Waals surface area contributed by atoms with Crippen molar-refractivity contribution in [3.8, 4) is 0 Å². The third-order valence-electron chi connectivity index (χ3n) is 1.75. The summed E-state index contributed by atoms with van der Waals surface area (Å²) in [6, 6.07) is 0. The Labute approximate surface area is 54.2 Å². The Morgan fingerprint density at radius 3 is 2.44 bits per heavy atom. The van der Waals surface area contributed by atoms with E-state index in [9.17, 15) is 9.90 Å². The molecule has 0 spiro atoms. The van der Waals surface area contributed by atoms with E-state index in [0.717, 1.165) is 5.57 Å². The fourth-order valence-corrected chi connectivity index (χ4v) is 0.927. The first kappa shape index (κ1) is 6.49. The number of ketones is 1. The van der Waals surface area contributed by atoms with Crippen LogP contribution >= 0.6 is 0 Å². The first-order chi connectivity index (χ1) is 4.02. The SMILES string of the molecule is CC1=CC(=O)C[C@@]1(C)O. The van der Waals surface area contributed by atoms with Gasteiger partial charge in [-0.1, -0.05) is 0 Å². The second-order valence-electron chi connectivity index (χ2n) is 2.74. The normalized spacial score (nSPS) is 35.0. The summed E-state index contributed by atoms with van der Waals surface area (Å²) in [4.78, 5) is 10.6.